The highest BCUT2D eigenvalue weighted by atomic mass is 19.1. The molecule has 0 aromatic heterocycles. The maximum Gasteiger partial charge on any atom is 0.247 e. The minimum atomic E-state index is -1.05. The van der Waals surface area contributed by atoms with E-state index in [2.05, 4.69) is 6.07 Å². The van der Waals surface area contributed by atoms with Gasteiger partial charge in [0.2, 0.25) is 5.91 Å². The van der Waals surface area contributed by atoms with Gasteiger partial charge in [-0.3, -0.25) is 4.79 Å². The van der Waals surface area contributed by atoms with Crippen LogP contribution in [-0.4, -0.2) is 25.7 Å². The first-order valence-electron chi connectivity index (χ1n) is 6.69. The Hall–Kier alpha value is -1.93. The fourth-order valence-corrected chi connectivity index (χ4v) is 2.44. The van der Waals surface area contributed by atoms with Crippen molar-refractivity contribution in [1.29, 1.82) is 5.26 Å². The molecule has 20 heavy (non-hydrogen) atoms. The Labute approximate surface area is 117 Å². The predicted octanol–water partition coefficient (Wildman–Crippen LogP) is 2.50. The smallest absolute Gasteiger partial charge is 0.247 e. The third-order valence-corrected chi connectivity index (χ3v) is 3.65. The fraction of sp³-hybridized carbons (Fsp3) is 0.467. The molecule has 5 heteroatoms. The van der Waals surface area contributed by atoms with Crippen molar-refractivity contribution in [1.82, 2.24) is 0 Å². The summed E-state index contributed by atoms with van der Waals surface area (Å²) in [5, 5.41) is 9.43. The normalized spacial score (nSPS) is 17.2. The summed E-state index contributed by atoms with van der Waals surface area (Å²) in [5.74, 6) is -0.664. The Kier molecular flexibility index (Phi) is 4.35. The van der Waals surface area contributed by atoms with E-state index in [-0.39, 0.29) is 5.91 Å². The summed E-state index contributed by atoms with van der Waals surface area (Å²) in [4.78, 5) is 14.2. The lowest BCUT2D eigenvalue weighted by molar-refractivity contribution is -0.129. The van der Waals surface area contributed by atoms with Crippen LogP contribution in [0.3, 0.4) is 0 Å². The highest BCUT2D eigenvalue weighted by Gasteiger charge is 2.43. The van der Waals surface area contributed by atoms with Gasteiger partial charge in [-0.15, -0.1) is 0 Å². The molecule has 0 atom stereocenters. The molecular weight excluding hydrogens is 259 g/mol. The molecule has 1 aromatic carbocycles. The minimum Gasteiger partial charge on any atom is -0.381 e. The second-order valence-corrected chi connectivity index (χ2v) is 4.84. The number of carbonyl (C=O) groups is 1. The van der Waals surface area contributed by atoms with Gasteiger partial charge < -0.3 is 9.64 Å². The quantitative estimate of drug-likeness (QED) is 0.852. The van der Waals surface area contributed by atoms with Crippen molar-refractivity contribution in [2.24, 2.45) is 5.41 Å². The molecule has 1 heterocycles. The summed E-state index contributed by atoms with van der Waals surface area (Å²) in [6.07, 6.45) is 0.766. The van der Waals surface area contributed by atoms with Gasteiger partial charge in [-0.2, -0.15) is 5.26 Å². The van der Waals surface area contributed by atoms with Gasteiger partial charge in [-0.25, -0.2) is 4.39 Å². The average molecular weight is 276 g/mol. The maximum absolute atomic E-state index is 13.3. The molecule has 0 aliphatic carbocycles. The Bertz CT molecular complexity index is 533. The zero-order chi connectivity index (χ0) is 14.6. The van der Waals surface area contributed by atoms with Crippen LogP contribution in [0.5, 0.6) is 0 Å². The Balaban J connectivity index is 2.31. The third kappa shape index (κ3) is 2.66. The molecule has 1 aromatic rings. The van der Waals surface area contributed by atoms with Crippen LogP contribution in [0.15, 0.2) is 24.3 Å². The number of carbonyl (C=O) groups excluding carboxylic acids is 1. The zero-order valence-corrected chi connectivity index (χ0v) is 11.4. The van der Waals surface area contributed by atoms with Crippen molar-refractivity contribution >= 4 is 11.6 Å². The highest BCUT2D eigenvalue weighted by molar-refractivity contribution is 5.99. The topological polar surface area (TPSA) is 53.3 Å². The summed E-state index contributed by atoms with van der Waals surface area (Å²) in [6.45, 7) is 3.01. The Morgan fingerprint density at radius 2 is 2.20 bits per heavy atom. The van der Waals surface area contributed by atoms with E-state index in [4.69, 9.17) is 4.74 Å². The number of nitriles is 1. The van der Waals surface area contributed by atoms with Gasteiger partial charge in [0.15, 0.2) is 0 Å². The van der Waals surface area contributed by atoms with Gasteiger partial charge in [-0.1, -0.05) is 6.07 Å². The largest absolute Gasteiger partial charge is 0.381 e. The number of hydrogen-bond acceptors (Lipinski definition) is 3. The van der Waals surface area contributed by atoms with Crippen LogP contribution in [0.2, 0.25) is 0 Å². The van der Waals surface area contributed by atoms with Gasteiger partial charge in [0, 0.05) is 25.4 Å². The van der Waals surface area contributed by atoms with E-state index >= 15 is 0 Å². The molecule has 0 radical (unpaired) electrons. The number of amides is 1. The van der Waals surface area contributed by atoms with E-state index < -0.39 is 11.2 Å². The van der Waals surface area contributed by atoms with Gasteiger partial charge in [0.05, 0.1) is 6.07 Å². The zero-order valence-electron chi connectivity index (χ0n) is 11.4. The highest BCUT2D eigenvalue weighted by Crippen LogP contribution is 2.33. The minimum absolute atomic E-state index is 0.267. The first kappa shape index (κ1) is 14.5. The van der Waals surface area contributed by atoms with Crippen LogP contribution in [0.1, 0.15) is 19.8 Å². The van der Waals surface area contributed by atoms with Crippen molar-refractivity contribution in [2.75, 3.05) is 24.7 Å². The lowest BCUT2D eigenvalue weighted by atomic mass is 9.80. The Morgan fingerprint density at radius 3 is 2.75 bits per heavy atom. The molecule has 1 aliphatic rings. The number of hydrogen-bond donors (Lipinski definition) is 0. The van der Waals surface area contributed by atoms with Gasteiger partial charge in [-0.05, 0) is 38.0 Å². The summed E-state index contributed by atoms with van der Waals surface area (Å²) in [6, 6.07) is 8.03. The first-order chi connectivity index (χ1) is 9.63. The van der Waals surface area contributed by atoms with E-state index in [0.717, 1.165) is 0 Å². The number of nitrogens with zero attached hydrogens (tertiary/aromatic N) is 2. The molecule has 1 fully saturated rings. The van der Waals surface area contributed by atoms with Gasteiger partial charge in [0.1, 0.15) is 11.2 Å². The van der Waals surface area contributed by atoms with Gasteiger partial charge >= 0.3 is 0 Å². The molecule has 0 N–H and O–H groups in total. The van der Waals surface area contributed by atoms with Crippen molar-refractivity contribution in [3.63, 3.8) is 0 Å². The SMILES string of the molecule is CCN(C(=O)C1(C#N)CCOCC1)c1cccc(F)c1. The molecule has 106 valence electrons. The van der Waals surface area contributed by atoms with Crippen LogP contribution in [0.25, 0.3) is 0 Å². The molecule has 0 bridgehead atoms. The van der Waals surface area contributed by atoms with Crippen LogP contribution >= 0.6 is 0 Å². The van der Waals surface area contributed by atoms with Crippen LogP contribution < -0.4 is 4.90 Å². The molecule has 4 nitrogen and oxygen atoms in total. The van der Waals surface area contributed by atoms with Gasteiger partial charge in [0.25, 0.3) is 0 Å². The molecule has 1 amide bonds. The number of halogens is 1. The van der Waals surface area contributed by atoms with E-state index in [1.54, 1.807) is 12.1 Å². The van der Waals surface area contributed by atoms with Crippen molar-refractivity contribution in [2.45, 2.75) is 19.8 Å². The predicted molar refractivity (Wildman–Crippen MR) is 72.5 cm³/mol. The molecule has 1 saturated heterocycles. The second-order valence-electron chi connectivity index (χ2n) is 4.84. The Morgan fingerprint density at radius 1 is 1.50 bits per heavy atom. The van der Waals surface area contributed by atoms with E-state index in [1.165, 1.54) is 17.0 Å². The maximum atomic E-state index is 13.3. The molecule has 2 rings (SSSR count). The summed E-state index contributed by atoms with van der Waals surface area (Å²) in [5.41, 5.74) is -0.570. The number of anilines is 1. The molecular formula is C15H17FN2O2. The third-order valence-electron chi connectivity index (χ3n) is 3.65. The molecule has 1 aliphatic heterocycles. The molecule has 0 saturated carbocycles. The monoisotopic (exact) mass is 276 g/mol. The standard InChI is InChI=1S/C15H17FN2O2/c1-2-18(13-5-3-4-12(16)10-13)14(19)15(11-17)6-8-20-9-7-15/h3-5,10H,2,6-9H2,1H3. The van der Waals surface area contributed by atoms with Crippen molar-refractivity contribution in [3.05, 3.63) is 30.1 Å². The average Bonchev–Trinajstić information content (AvgIpc) is 2.48. The van der Waals surface area contributed by atoms with E-state index in [1.807, 2.05) is 6.92 Å². The van der Waals surface area contributed by atoms with Crippen molar-refractivity contribution in [3.8, 4) is 6.07 Å². The second kappa shape index (κ2) is 6.02. The molecule has 0 unspecified atom stereocenters. The van der Waals surface area contributed by atoms with E-state index in [9.17, 15) is 14.4 Å². The van der Waals surface area contributed by atoms with Crippen LogP contribution in [0, 0.1) is 22.6 Å². The van der Waals surface area contributed by atoms with Crippen molar-refractivity contribution < 1.29 is 13.9 Å². The van der Waals surface area contributed by atoms with E-state index in [0.29, 0.717) is 38.3 Å². The summed E-state index contributed by atoms with van der Waals surface area (Å²) in [7, 11) is 0. The number of rotatable bonds is 3. The number of benzene rings is 1. The number of ether oxygens (including phenoxy) is 1. The van der Waals surface area contributed by atoms with Crippen LogP contribution in [-0.2, 0) is 9.53 Å². The van der Waals surface area contributed by atoms with Crippen LogP contribution in [0.4, 0.5) is 10.1 Å². The first-order valence-corrected chi connectivity index (χ1v) is 6.69. The molecule has 0 spiro atoms. The fourth-order valence-electron chi connectivity index (χ4n) is 2.44. The lowest BCUT2D eigenvalue weighted by Gasteiger charge is -2.34. The lowest BCUT2D eigenvalue weighted by Crippen LogP contribution is -2.46. The summed E-state index contributed by atoms with van der Waals surface area (Å²) < 4.78 is 18.6. The summed E-state index contributed by atoms with van der Waals surface area (Å²) >= 11 is 0.